The van der Waals surface area contributed by atoms with Crippen molar-refractivity contribution < 1.29 is 13.2 Å². The van der Waals surface area contributed by atoms with Gasteiger partial charge < -0.3 is 9.64 Å². The highest BCUT2D eigenvalue weighted by molar-refractivity contribution is 7.92. The topological polar surface area (TPSA) is 62.7 Å². The van der Waals surface area contributed by atoms with Gasteiger partial charge in [-0.25, -0.2) is 13.4 Å². The molecule has 2 aliphatic heterocycles. The summed E-state index contributed by atoms with van der Waals surface area (Å²) >= 11 is 0. The van der Waals surface area contributed by atoms with Crippen LogP contribution in [0.15, 0.2) is 41.4 Å². The van der Waals surface area contributed by atoms with Crippen molar-refractivity contribution in [3.05, 3.63) is 47.7 Å². The average molecular weight is 373 g/mol. The molecule has 138 valence electrons. The second-order valence-corrected chi connectivity index (χ2v) is 8.94. The molecule has 4 rings (SSSR count). The highest BCUT2D eigenvalue weighted by Gasteiger charge is 2.46. The molecule has 0 bridgehead atoms. The third kappa shape index (κ3) is 2.66. The number of fused-ring (bicyclic) bond motifs is 3. The first kappa shape index (κ1) is 17.3. The standard InChI is InChI=1S/C19H23N3O3S/c1-13-4-6-17-15(10-13)16-12-21(2)9-8-18(16)22(17)26(23,24)14-5-7-19(25-3)20-11-14/h4-7,10-11,16,18H,8-9,12H2,1-3H3. The summed E-state index contributed by atoms with van der Waals surface area (Å²) in [6.07, 6.45) is 2.20. The first-order chi connectivity index (χ1) is 12.4. The van der Waals surface area contributed by atoms with Crippen LogP contribution in [0.2, 0.25) is 0 Å². The van der Waals surface area contributed by atoms with E-state index in [0.29, 0.717) is 5.88 Å². The second-order valence-electron chi connectivity index (χ2n) is 7.12. The van der Waals surface area contributed by atoms with Crippen molar-refractivity contribution in [3.8, 4) is 5.88 Å². The summed E-state index contributed by atoms with van der Waals surface area (Å²) in [5.41, 5.74) is 3.09. The molecule has 2 aromatic rings. The number of likely N-dealkylation sites (N-methyl/N-ethyl adjacent to an activating group) is 1. The fourth-order valence-corrected chi connectivity index (χ4v) is 5.79. The monoisotopic (exact) mass is 373 g/mol. The number of hydrogen-bond donors (Lipinski definition) is 0. The SMILES string of the molecule is COc1ccc(S(=O)(=O)N2c3ccc(C)cc3C3CN(C)CCC32)cn1. The number of piperidine rings is 1. The van der Waals surface area contributed by atoms with Crippen LogP contribution >= 0.6 is 0 Å². The largest absolute Gasteiger partial charge is 0.481 e. The van der Waals surface area contributed by atoms with Gasteiger partial charge in [0.2, 0.25) is 5.88 Å². The van der Waals surface area contributed by atoms with E-state index in [0.717, 1.165) is 36.3 Å². The van der Waals surface area contributed by atoms with E-state index in [1.54, 1.807) is 16.4 Å². The van der Waals surface area contributed by atoms with Crippen LogP contribution in [-0.2, 0) is 10.0 Å². The van der Waals surface area contributed by atoms with E-state index >= 15 is 0 Å². The second kappa shape index (κ2) is 6.25. The number of rotatable bonds is 3. The minimum absolute atomic E-state index is 0.0462. The molecule has 2 aliphatic rings. The van der Waals surface area contributed by atoms with Crippen LogP contribution in [0, 0.1) is 6.92 Å². The van der Waals surface area contributed by atoms with Gasteiger partial charge in [0.25, 0.3) is 10.0 Å². The molecule has 0 aliphatic carbocycles. The zero-order valence-corrected chi connectivity index (χ0v) is 16.0. The molecule has 1 aromatic heterocycles. The Bertz CT molecular complexity index is 928. The molecule has 0 saturated carbocycles. The lowest BCUT2D eigenvalue weighted by molar-refractivity contribution is 0.237. The summed E-state index contributed by atoms with van der Waals surface area (Å²) in [7, 11) is -0.0750. The Kier molecular flexibility index (Phi) is 4.16. The lowest BCUT2D eigenvalue weighted by Crippen LogP contribution is -2.47. The number of aryl methyl sites for hydroxylation is 1. The Morgan fingerprint density at radius 1 is 1.23 bits per heavy atom. The van der Waals surface area contributed by atoms with Gasteiger partial charge in [0.1, 0.15) is 4.90 Å². The number of benzene rings is 1. The van der Waals surface area contributed by atoms with Crippen molar-refractivity contribution in [1.82, 2.24) is 9.88 Å². The molecular weight excluding hydrogens is 350 g/mol. The fourth-order valence-electron chi connectivity index (χ4n) is 4.10. The van der Waals surface area contributed by atoms with Gasteiger partial charge in [-0.05, 0) is 44.6 Å². The molecule has 7 heteroatoms. The van der Waals surface area contributed by atoms with E-state index < -0.39 is 10.0 Å². The van der Waals surface area contributed by atoms with Crippen LogP contribution in [0.25, 0.3) is 0 Å². The number of ether oxygens (including phenoxy) is 1. The Morgan fingerprint density at radius 2 is 2.04 bits per heavy atom. The van der Waals surface area contributed by atoms with Gasteiger partial charge >= 0.3 is 0 Å². The smallest absolute Gasteiger partial charge is 0.266 e. The number of pyridine rings is 1. The zero-order valence-electron chi connectivity index (χ0n) is 15.2. The molecule has 1 fully saturated rings. The van der Waals surface area contributed by atoms with E-state index in [1.807, 2.05) is 19.1 Å². The summed E-state index contributed by atoms with van der Waals surface area (Å²) in [6.45, 7) is 3.81. The molecule has 0 N–H and O–H groups in total. The van der Waals surface area contributed by atoms with Gasteiger partial charge in [0, 0.05) is 18.5 Å². The Balaban J connectivity index is 1.82. The van der Waals surface area contributed by atoms with Crippen molar-refractivity contribution in [2.75, 3.05) is 31.6 Å². The van der Waals surface area contributed by atoms with E-state index in [4.69, 9.17) is 4.74 Å². The number of methoxy groups -OCH3 is 1. The number of likely N-dealkylation sites (tertiary alicyclic amines) is 1. The van der Waals surface area contributed by atoms with Crippen LogP contribution in [0.3, 0.4) is 0 Å². The lowest BCUT2D eigenvalue weighted by Gasteiger charge is -2.36. The van der Waals surface area contributed by atoms with E-state index in [-0.39, 0.29) is 16.9 Å². The third-order valence-electron chi connectivity index (χ3n) is 5.38. The summed E-state index contributed by atoms with van der Waals surface area (Å²) in [5, 5.41) is 0. The molecule has 3 heterocycles. The Hall–Kier alpha value is -2.12. The molecule has 1 saturated heterocycles. The van der Waals surface area contributed by atoms with Gasteiger partial charge in [-0.2, -0.15) is 0 Å². The van der Waals surface area contributed by atoms with Gasteiger partial charge in [-0.1, -0.05) is 17.7 Å². The number of anilines is 1. The van der Waals surface area contributed by atoms with Crippen LogP contribution < -0.4 is 9.04 Å². The molecule has 2 atom stereocenters. The van der Waals surface area contributed by atoms with Crippen LogP contribution in [0.4, 0.5) is 5.69 Å². The summed E-state index contributed by atoms with van der Waals surface area (Å²) in [6, 6.07) is 9.16. The van der Waals surface area contributed by atoms with Crippen molar-refractivity contribution in [2.24, 2.45) is 0 Å². The Morgan fingerprint density at radius 3 is 2.73 bits per heavy atom. The predicted molar refractivity (Wildman–Crippen MR) is 100 cm³/mol. The van der Waals surface area contributed by atoms with E-state index in [1.165, 1.54) is 13.3 Å². The van der Waals surface area contributed by atoms with Gasteiger partial charge in [-0.3, -0.25) is 4.31 Å². The minimum atomic E-state index is -3.68. The summed E-state index contributed by atoms with van der Waals surface area (Å²) < 4.78 is 33.6. The maximum Gasteiger partial charge on any atom is 0.266 e. The zero-order chi connectivity index (χ0) is 18.5. The van der Waals surface area contributed by atoms with Crippen LogP contribution in [0.1, 0.15) is 23.5 Å². The molecule has 0 spiro atoms. The highest BCUT2D eigenvalue weighted by atomic mass is 32.2. The molecule has 0 amide bonds. The molecule has 2 unspecified atom stereocenters. The first-order valence-electron chi connectivity index (χ1n) is 8.75. The normalized spacial score (nSPS) is 22.8. The van der Waals surface area contributed by atoms with Crippen molar-refractivity contribution in [2.45, 2.75) is 30.2 Å². The first-order valence-corrected chi connectivity index (χ1v) is 10.2. The summed E-state index contributed by atoms with van der Waals surface area (Å²) in [4.78, 5) is 6.56. The number of nitrogens with zero attached hydrogens (tertiary/aromatic N) is 3. The van der Waals surface area contributed by atoms with Crippen LogP contribution in [-0.4, -0.2) is 51.6 Å². The molecule has 26 heavy (non-hydrogen) atoms. The van der Waals surface area contributed by atoms with Crippen molar-refractivity contribution >= 4 is 15.7 Å². The third-order valence-corrected chi connectivity index (χ3v) is 7.20. The number of aromatic nitrogens is 1. The van der Waals surface area contributed by atoms with Crippen molar-refractivity contribution in [3.63, 3.8) is 0 Å². The maximum atomic E-state index is 13.4. The average Bonchev–Trinajstić information content (AvgIpc) is 2.95. The number of sulfonamides is 1. The van der Waals surface area contributed by atoms with Crippen LogP contribution in [0.5, 0.6) is 5.88 Å². The van der Waals surface area contributed by atoms with Gasteiger partial charge in [-0.15, -0.1) is 0 Å². The van der Waals surface area contributed by atoms with Gasteiger partial charge in [0.15, 0.2) is 0 Å². The maximum absolute atomic E-state index is 13.4. The number of hydrogen-bond acceptors (Lipinski definition) is 5. The van der Waals surface area contributed by atoms with Gasteiger partial charge in [0.05, 0.1) is 25.0 Å². The van der Waals surface area contributed by atoms with E-state index in [2.05, 4.69) is 23.0 Å². The predicted octanol–water partition coefficient (Wildman–Crippen LogP) is 2.40. The fraction of sp³-hybridized carbons (Fsp3) is 0.421. The Labute approximate surface area is 154 Å². The van der Waals surface area contributed by atoms with E-state index in [9.17, 15) is 8.42 Å². The lowest BCUT2D eigenvalue weighted by atomic mass is 9.89. The van der Waals surface area contributed by atoms with Crippen molar-refractivity contribution in [1.29, 1.82) is 0 Å². The minimum Gasteiger partial charge on any atom is -0.481 e. The highest BCUT2D eigenvalue weighted by Crippen LogP contribution is 2.47. The quantitative estimate of drug-likeness (QED) is 0.827. The molecule has 0 radical (unpaired) electrons. The molecular formula is C19H23N3O3S. The summed E-state index contributed by atoms with van der Waals surface area (Å²) in [5.74, 6) is 0.600. The molecule has 1 aromatic carbocycles. The molecule has 6 nitrogen and oxygen atoms in total.